The number of anilines is 2. The van der Waals surface area contributed by atoms with Crippen LogP contribution in [0.1, 0.15) is 11.1 Å². The molecule has 2 aromatic heterocycles. The molecule has 0 bridgehead atoms. The second-order valence-electron chi connectivity index (χ2n) is 4.34. The Balaban J connectivity index is 1.90. The van der Waals surface area contributed by atoms with E-state index in [9.17, 15) is 0 Å². The molecule has 0 unspecified atom stereocenters. The Kier molecular flexibility index (Phi) is 2.75. The predicted octanol–water partition coefficient (Wildman–Crippen LogP) is 1.86. The maximum Gasteiger partial charge on any atom is 0.224 e. The Labute approximate surface area is 110 Å². The molecule has 0 spiro atoms. The van der Waals surface area contributed by atoms with Crippen LogP contribution in [0.5, 0.6) is 0 Å². The molecule has 0 saturated heterocycles. The van der Waals surface area contributed by atoms with Crippen molar-refractivity contribution in [2.45, 2.75) is 13.5 Å². The fraction of sp³-hybridized carbons (Fsp3) is 0.154. The molecular formula is C13H14N6. The highest BCUT2D eigenvalue weighted by molar-refractivity contribution is 5.86. The molecule has 0 atom stereocenters. The van der Waals surface area contributed by atoms with Crippen LogP contribution in [0.2, 0.25) is 0 Å². The van der Waals surface area contributed by atoms with Crippen LogP contribution in [0.25, 0.3) is 11.0 Å². The summed E-state index contributed by atoms with van der Waals surface area (Å²) in [5.41, 5.74) is 8.77. The monoisotopic (exact) mass is 254 g/mol. The first kappa shape index (κ1) is 11.5. The fourth-order valence-electron chi connectivity index (χ4n) is 1.97. The molecular weight excluding hydrogens is 240 g/mol. The summed E-state index contributed by atoms with van der Waals surface area (Å²) >= 11 is 0. The van der Waals surface area contributed by atoms with Crippen molar-refractivity contribution in [3.63, 3.8) is 0 Å². The van der Waals surface area contributed by atoms with Crippen molar-refractivity contribution in [3.05, 3.63) is 41.6 Å². The van der Waals surface area contributed by atoms with E-state index in [-0.39, 0.29) is 5.95 Å². The number of aromatic amines is 1. The highest BCUT2D eigenvalue weighted by Gasteiger charge is 2.07. The van der Waals surface area contributed by atoms with Gasteiger partial charge in [0.05, 0.1) is 11.6 Å². The van der Waals surface area contributed by atoms with E-state index >= 15 is 0 Å². The molecule has 0 saturated carbocycles. The van der Waals surface area contributed by atoms with Crippen molar-refractivity contribution >= 4 is 22.8 Å². The summed E-state index contributed by atoms with van der Waals surface area (Å²) in [6, 6.07) is 8.21. The molecule has 19 heavy (non-hydrogen) atoms. The lowest BCUT2D eigenvalue weighted by atomic mass is 10.1. The van der Waals surface area contributed by atoms with Gasteiger partial charge in [0, 0.05) is 6.54 Å². The van der Waals surface area contributed by atoms with Crippen molar-refractivity contribution in [1.82, 2.24) is 20.2 Å². The average Bonchev–Trinajstić information content (AvgIpc) is 2.85. The molecule has 6 nitrogen and oxygen atoms in total. The number of aryl methyl sites for hydroxylation is 1. The van der Waals surface area contributed by atoms with E-state index in [1.54, 1.807) is 6.20 Å². The number of nitrogen functional groups attached to an aromatic ring is 1. The maximum absolute atomic E-state index is 5.67. The van der Waals surface area contributed by atoms with Gasteiger partial charge in [0.1, 0.15) is 5.82 Å². The zero-order chi connectivity index (χ0) is 13.2. The zero-order valence-electron chi connectivity index (χ0n) is 10.5. The Morgan fingerprint density at radius 2 is 2.11 bits per heavy atom. The highest BCUT2D eigenvalue weighted by Crippen LogP contribution is 2.19. The third kappa shape index (κ3) is 2.20. The third-order valence-electron chi connectivity index (χ3n) is 3.03. The van der Waals surface area contributed by atoms with Gasteiger partial charge in [0.2, 0.25) is 5.95 Å². The lowest BCUT2D eigenvalue weighted by Gasteiger charge is -2.09. The first-order valence-corrected chi connectivity index (χ1v) is 5.99. The highest BCUT2D eigenvalue weighted by atomic mass is 15.2. The lowest BCUT2D eigenvalue weighted by Crippen LogP contribution is -2.05. The summed E-state index contributed by atoms with van der Waals surface area (Å²) in [6.07, 6.45) is 1.69. The minimum Gasteiger partial charge on any atom is -0.368 e. The summed E-state index contributed by atoms with van der Waals surface area (Å²) in [5, 5.41) is 10.9. The van der Waals surface area contributed by atoms with Gasteiger partial charge in [-0.25, -0.2) is 0 Å². The van der Waals surface area contributed by atoms with Crippen molar-refractivity contribution < 1.29 is 0 Å². The predicted molar refractivity (Wildman–Crippen MR) is 74.6 cm³/mol. The average molecular weight is 254 g/mol. The molecule has 0 aliphatic carbocycles. The summed E-state index contributed by atoms with van der Waals surface area (Å²) < 4.78 is 0. The van der Waals surface area contributed by atoms with Crippen molar-refractivity contribution in [3.8, 4) is 0 Å². The van der Waals surface area contributed by atoms with Crippen LogP contribution in [0.3, 0.4) is 0 Å². The number of hydrogen-bond donors (Lipinski definition) is 3. The van der Waals surface area contributed by atoms with Crippen molar-refractivity contribution in [2.24, 2.45) is 0 Å². The van der Waals surface area contributed by atoms with Gasteiger partial charge >= 0.3 is 0 Å². The molecule has 0 radical (unpaired) electrons. The second-order valence-corrected chi connectivity index (χ2v) is 4.34. The van der Waals surface area contributed by atoms with E-state index in [0.29, 0.717) is 18.0 Å². The quantitative estimate of drug-likeness (QED) is 0.663. The number of rotatable bonds is 3. The Morgan fingerprint density at radius 1 is 1.26 bits per heavy atom. The number of nitrogens with two attached hydrogens (primary N) is 1. The molecule has 3 aromatic rings. The summed E-state index contributed by atoms with van der Waals surface area (Å²) in [5.74, 6) is 0.920. The van der Waals surface area contributed by atoms with E-state index < -0.39 is 0 Å². The minimum absolute atomic E-state index is 0.226. The lowest BCUT2D eigenvalue weighted by molar-refractivity contribution is 1.08. The SMILES string of the molecule is Cc1ccccc1CNc1nc(N)nc2[nH]ncc12. The Morgan fingerprint density at radius 3 is 2.95 bits per heavy atom. The van der Waals surface area contributed by atoms with Crippen LogP contribution in [-0.4, -0.2) is 20.2 Å². The Hall–Kier alpha value is -2.63. The number of hydrogen-bond acceptors (Lipinski definition) is 5. The number of nitrogens with one attached hydrogen (secondary N) is 2. The largest absolute Gasteiger partial charge is 0.368 e. The number of H-pyrrole nitrogens is 1. The molecule has 1 aromatic carbocycles. The minimum atomic E-state index is 0.226. The van der Waals surface area contributed by atoms with Gasteiger partial charge in [-0.1, -0.05) is 24.3 Å². The van der Waals surface area contributed by atoms with Gasteiger partial charge in [-0.3, -0.25) is 5.10 Å². The smallest absolute Gasteiger partial charge is 0.224 e. The fourth-order valence-corrected chi connectivity index (χ4v) is 1.97. The van der Waals surface area contributed by atoms with E-state index in [4.69, 9.17) is 5.73 Å². The molecule has 0 aliphatic heterocycles. The van der Waals surface area contributed by atoms with Crippen LogP contribution >= 0.6 is 0 Å². The number of aromatic nitrogens is 4. The van der Waals surface area contributed by atoms with Gasteiger partial charge < -0.3 is 11.1 Å². The molecule has 3 rings (SSSR count). The summed E-state index contributed by atoms with van der Waals surface area (Å²) in [6.45, 7) is 2.77. The maximum atomic E-state index is 5.67. The summed E-state index contributed by atoms with van der Waals surface area (Å²) in [7, 11) is 0. The van der Waals surface area contributed by atoms with E-state index in [1.807, 2.05) is 12.1 Å². The summed E-state index contributed by atoms with van der Waals surface area (Å²) in [4.78, 5) is 8.29. The van der Waals surface area contributed by atoms with E-state index in [1.165, 1.54) is 11.1 Å². The molecule has 0 fully saturated rings. The topological polar surface area (TPSA) is 92.5 Å². The first-order valence-electron chi connectivity index (χ1n) is 5.99. The van der Waals surface area contributed by atoms with Crippen LogP contribution in [0.15, 0.2) is 30.5 Å². The van der Waals surface area contributed by atoms with Crippen LogP contribution in [0, 0.1) is 6.92 Å². The van der Waals surface area contributed by atoms with Crippen molar-refractivity contribution in [2.75, 3.05) is 11.1 Å². The van der Waals surface area contributed by atoms with Gasteiger partial charge in [-0.05, 0) is 18.1 Å². The molecule has 0 amide bonds. The third-order valence-corrected chi connectivity index (χ3v) is 3.03. The molecule has 4 N–H and O–H groups in total. The van der Waals surface area contributed by atoms with Crippen LogP contribution in [-0.2, 0) is 6.54 Å². The molecule has 6 heteroatoms. The number of nitrogens with zero attached hydrogens (tertiary/aromatic N) is 3. The molecule has 2 heterocycles. The second kappa shape index (κ2) is 4.56. The van der Waals surface area contributed by atoms with Crippen molar-refractivity contribution in [1.29, 1.82) is 0 Å². The Bertz CT molecular complexity index is 718. The molecule has 0 aliphatic rings. The van der Waals surface area contributed by atoms with E-state index in [0.717, 1.165) is 5.39 Å². The molecule has 96 valence electrons. The first-order chi connectivity index (χ1) is 9.24. The van der Waals surface area contributed by atoms with Gasteiger partial charge in [0.25, 0.3) is 0 Å². The standard InChI is InChI=1S/C13H14N6/c1-8-4-2-3-5-9(8)6-15-11-10-7-16-19-12(10)18-13(14)17-11/h2-5,7H,6H2,1H3,(H4,14,15,16,17,18,19). The van der Waals surface area contributed by atoms with Gasteiger partial charge in [0.15, 0.2) is 5.65 Å². The number of benzene rings is 1. The van der Waals surface area contributed by atoms with Gasteiger partial charge in [-0.15, -0.1) is 0 Å². The van der Waals surface area contributed by atoms with Crippen LogP contribution < -0.4 is 11.1 Å². The van der Waals surface area contributed by atoms with Gasteiger partial charge in [-0.2, -0.15) is 15.1 Å². The van der Waals surface area contributed by atoms with E-state index in [2.05, 4.69) is 44.5 Å². The normalized spacial score (nSPS) is 10.8. The van der Waals surface area contributed by atoms with Crippen LogP contribution in [0.4, 0.5) is 11.8 Å². The zero-order valence-corrected chi connectivity index (χ0v) is 10.5. The number of fused-ring (bicyclic) bond motifs is 1.